The lowest BCUT2D eigenvalue weighted by atomic mass is 9.35. The first-order valence-corrected chi connectivity index (χ1v) is 19.4. The third-order valence-corrected chi connectivity index (χ3v) is 11.5. The molecule has 0 fully saturated rings. The highest BCUT2D eigenvalue weighted by Gasteiger charge is 2.38. The zero-order valence-corrected chi connectivity index (χ0v) is 31.4. The maximum atomic E-state index is 6.44. The number of hydrogen-bond acceptors (Lipinski definition) is 3. The molecule has 2 aliphatic heterocycles. The van der Waals surface area contributed by atoms with E-state index < -0.39 is 0 Å². The van der Waals surface area contributed by atoms with E-state index >= 15 is 0 Å². The van der Waals surface area contributed by atoms with Crippen molar-refractivity contribution in [2.75, 3.05) is 0 Å². The smallest absolute Gasteiger partial charge is 0.241 e. The van der Waals surface area contributed by atoms with Gasteiger partial charge in [-0.3, -0.25) is 9.98 Å². The van der Waals surface area contributed by atoms with Crippen LogP contribution in [-0.4, -0.2) is 17.9 Å². The third kappa shape index (κ3) is 6.14. The molecule has 8 aromatic rings. The summed E-state index contributed by atoms with van der Waals surface area (Å²) in [6, 6.07) is 63.4. The van der Waals surface area contributed by atoms with Crippen LogP contribution in [0.1, 0.15) is 34.3 Å². The molecule has 0 radical (unpaired) electrons. The van der Waals surface area contributed by atoms with Gasteiger partial charge in [0, 0.05) is 22.9 Å². The Kier molecular flexibility index (Phi) is 8.52. The van der Waals surface area contributed by atoms with E-state index in [0.29, 0.717) is 0 Å². The fraction of sp³-hybridized carbons (Fsp3) is 0.0769. The molecule has 2 aliphatic rings. The summed E-state index contributed by atoms with van der Waals surface area (Å²) in [5, 5.41) is 0. The number of aliphatic imine (C=N–C) groups is 1. The standard InChI is InChI=1S/C52H39BN2O/c1-34-28-42(40-16-11-17-41(30-40)49-31-46-47-32-54-48-19-10-9-18-45(48)52(47)56-50(46)33-55-49)29-35(2)51(34)53(43-24-20-38(21-25-43)36-12-5-3-6-13-36)44-26-22-39(23-27-44)37-14-7-4-8-15-37/h3-33,47,52H,1-2H3. The lowest BCUT2D eigenvalue weighted by Crippen LogP contribution is -2.53. The molecule has 4 heteroatoms. The molecule has 0 amide bonds. The average Bonchev–Trinajstić information content (AvgIpc) is 3.64. The van der Waals surface area contributed by atoms with Gasteiger partial charge in [0.05, 0.1) is 23.5 Å². The van der Waals surface area contributed by atoms with Crippen molar-refractivity contribution in [3.05, 3.63) is 204 Å². The summed E-state index contributed by atoms with van der Waals surface area (Å²) in [6.45, 7) is 4.60. The lowest BCUT2D eigenvalue weighted by Gasteiger charge is -2.22. The van der Waals surface area contributed by atoms with Crippen molar-refractivity contribution in [1.82, 2.24) is 4.98 Å². The van der Waals surface area contributed by atoms with Crippen molar-refractivity contribution < 1.29 is 4.74 Å². The summed E-state index contributed by atoms with van der Waals surface area (Å²) in [5.41, 5.74) is 19.0. The zero-order chi connectivity index (χ0) is 37.6. The van der Waals surface area contributed by atoms with Crippen molar-refractivity contribution in [1.29, 1.82) is 0 Å². The Morgan fingerprint density at radius 1 is 0.482 bits per heavy atom. The Labute approximate surface area is 329 Å². The predicted octanol–water partition coefficient (Wildman–Crippen LogP) is 10.8. The van der Waals surface area contributed by atoms with Crippen LogP contribution in [0, 0.1) is 13.8 Å². The molecule has 56 heavy (non-hydrogen) atoms. The minimum absolute atomic E-state index is 0.0692. The van der Waals surface area contributed by atoms with Gasteiger partial charge in [0.2, 0.25) is 6.71 Å². The van der Waals surface area contributed by atoms with Gasteiger partial charge in [-0.1, -0.05) is 185 Å². The molecule has 0 saturated carbocycles. The van der Waals surface area contributed by atoms with E-state index in [4.69, 9.17) is 14.7 Å². The summed E-state index contributed by atoms with van der Waals surface area (Å²) < 4.78 is 6.44. The normalized spacial score (nSPS) is 15.0. The summed E-state index contributed by atoms with van der Waals surface area (Å²) in [6.07, 6.45) is 3.85. The lowest BCUT2D eigenvalue weighted by molar-refractivity contribution is 0.229. The second kappa shape index (κ2) is 14.1. The van der Waals surface area contributed by atoms with Gasteiger partial charge in [0.25, 0.3) is 0 Å². The van der Waals surface area contributed by atoms with Crippen LogP contribution in [0.2, 0.25) is 0 Å². The van der Waals surface area contributed by atoms with Crippen LogP contribution in [0.4, 0.5) is 5.69 Å². The Morgan fingerprint density at radius 3 is 1.68 bits per heavy atom. The Morgan fingerprint density at radius 2 is 1.04 bits per heavy atom. The van der Waals surface area contributed by atoms with Crippen molar-refractivity contribution in [2.45, 2.75) is 25.9 Å². The van der Waals surface area contributed by atoms with Crippen LogP contribution in [-0.2, 0) is 0 Å². The maximum absolute atomic E-state index is 6.44. The predicted molar refractivity (Wildman–Crippen MR) is 234 cm³/mol. The maximum Gasteiger partial charge on any atom is 0.241 e. The van der Waals surface area contributed by atoms with E-state index in [1.807, 2.05) is 24.5 Å². The van der Waals surface area contributed by atoms with E-state index in [-0.39, 0.29) is 18.7 Å². The molecule has 0 aliphatic carbocycles. The molecule has 10 rings (SSSR count). The largest absolute Gasteiger partial charge is 0.483 e. The molecule has 0 spiro atoms. The van der Waals surface area contributed by atoms with Crippen molar-refractivity contribution in [3.8, 4) is 50.4 Å². The van der Waals surface area contributed by atoms with Crippen LogP contribution < -0.4 is 21.1 Å². The number of benzene rings is 7. The molecule has 2 unspecified atom stereocenters. The van der Waals surface area contributed by atoms with E-state index in [2.05, 4.69) is 178 Å². The molecule has 3 nitrogen and oxygen atoms in total. The molecule has 2 atom stereocenters. The molecule has 266 valence electrons. The summed E-state index contributed by atoms with van der Waals surface area (Å²) in [4.78, 5) is 9.66. The summed E-state index contributed by atoms with van der Waals surface area (Å²) in [5.74, 6) is 0.906. The highest BCUT2D eigenvalue weighted by molar-refractivity contribution is 6.96. The van der Waals surface area contributed by atoms with Gasteiger partial charge in [-0.2, -0.15) is 0 Å². The van der Waals surface area contributed by atoms with Crippen molar-refractivity contribution in [2.24, 2.45) is 4.99 Å². The number of nitrogens with zero attached hydrogens (tertiary/aromatic N) is 2. The van der Waals surface area contributed by atoms with E-state index in [0.717, 1.165) is 33.8 Å². The Balaban J connectivity index is 0.998. The third-order valence-electron chi connectivity index (χ3n) is 11.5. The van der Waals surface area contributed by atoms with Gasteiger partial charge in [-0.25, -0.2) is 0 Å². The zero-order valence-electron chi connectivity index (χ0n) is 31.4. The first kappa shape index (κ1) is 33.8. The van der Waals surface area contributed by atoms with E-state index in [1.165, 1.54) is 60.9 Å². The number of aryl methyl sites for hydroxylation is 2. The molecule has 0 N–H and O–H groups in total. The second-order valence-electron chi connectivity index (χ2n) is 15.0. The highest BCUT2D eigenvalue weighted by atomic mass is 16.5. The van der Waals surface area contributed by atoms with Crippen LogP contribution in [0.3, 0.4) is 0 Å². The first-order chi connectivity index (χ1) is 27.6. The average molecular weight is 719 g/mol. The number of hydrogen-bond donors (Lipinski definition) is 0. The van der Waals surface area contributed by atoms with Crippen LogP contribution in [0.15, 0.2) is 187 Å². The molecule has 3 heterocycles. The van der Waals surface area contributed by atoms with Gasteiger partial charge in [-0.05, 0) is 65.4 Å². The number of para-hydroxylation sites is 1. The second-order valence-corrected chi connectivity index (χ2v) is 15.0. The Hall–Kier alpha value is -6.78. The molecule has 0 saturated heterocycles. The Bertz CT molecular complexity index is 2640. The van der Waals surface area contributed by atoms with Crippen molar-refractivity contribution in [3.63, 3.8) is 0 Å². The van der Waals surface area contributed by atoms with Gasteiger partial charge in [-0.15, -0.1) is 0 Å². The van der Waals surface area contributed by atoms with Crippen LogP contribution in [0.5, 0.6) is 5.75 Å². The number of ether oxygens (including phenoxy) is 1. The van der Waals surface area contributed by atoms with E-state index in [9.17, 15) is 0 Å². The number of fused-ring (bicyclic) bond motifs is 5. The quantitative estimate of drug-likeness (QED) is 0.154. The fourth-order valence-corrected chi connectivity index (χ4v) is 8.75. The van der Waals surface area contributed by atoms with Crippen LogP contribution >= 0.6 is 0 Å². The fourth-order valence-electron chi connectivity index (χ4n) is 8.75. The highest BCUT2D eigenvalue weighted by Crippen LogP contribution is 2.50. The number of rotatable bonds is 7. The SMILES string of the molecule is Cc1cc(-c2cccc(-c3cc4c(cn3)OC3c5ccccc5N=CC43)c2)cc(C)c1B(c1ccc(-c2ccccc2)cc1)c1ccc(-c2ccccc2)cc1. The van der Waals surface area contributed by atoms with Crippen LogP contribution in [0.25, 0.3) is 44.6 Å². The topological polar surface area (TPSA) is 34.5 Å². The number of pyridine rings is 1. The molecular weight excluding hydrogens is 679 g/mol. The minimum atomic E-state index is -0.0704. The minimum Gasteiger partial charge on any atom is -0.483 e. The van der Waals surface area contributed by atoms with Crippen molar-refractivity contribution >= 4 is 35.0 Å². The van der Waals surface area contributed by atoms with E-state index in [1.54, 1.807) is 0 Å². The number of aromatic nitrogens is 1. The van der Waals surface area contributed by atoms with Gasteiger partial charge < -0.3 is 4.74 Å². The van der Waals surface area contributed by atoms with Gasteiger partial charge in [0.15, 0.2) is 0 Å². The summed E-state index contributed by atoms with van der Waals surface area (Å²) in [7, 11) is 0. The first-order valence-electron chi connectivity index (χ1n) is 19.4. The van der Waals surface area contributed by atoms with Gasteiger partial charge >= 0.3 is 0 Å². The summed E-state index contributed by atoms with van der Waals surface area (Å²) >= 11 is 0. The molecule has 0 bridgehead atoms. The molecular formula is C52H39BN2O. The van der Waals surface area contributed by atoms with Gasteiger partial charge in [0.1, 0.15) is 11.9 Å². The monoisotopic (exact) mass is 718 g/mol. The molecule has 7 aromatic carbocycles. The molecule has 1 aromatic heterocycles.